The monoisotopic (exact) mass is 338 g/mol. The van der Waals surface area contributed by atoms with Crippen molar-refractivity contribution in [3.63, 3.8) is 0 Å². The molecule has 0 bridgehead atoms. The van der Waals surface area contributed by atoms with E-state index in [2.05, 4.69) is 20.6 Å². The third-order valence-corrected chi connectivity index (χ3v) is 4.24. The first kappa shape index (κ1) is 15.8. The van der Waals surface area contributed by atoms with Crippen molar-refractivity contribution in [2.75, 3.05) is 23.8 Å². The molecular weight excluding hydrogens is 319 g/mol. The lowest BCUT2D eigenvalue weighted by Gasteiger charge is -2.14. The average molecular weight is 338 g/mol. The van der Waals surface area contributed by atoms with Crippen molar-refractivity contribution in [1.29, 1.82) is 0 Å². The molecule has 0 saturated carbocycles. The number of fused-ring (bicyclic) bond motifs is 1. The third-order valence-electron chi connectivity index (χ3n) is 4.24. The molecule has 1 aliphatic heterocycles. The molecule has 25 heavy (non-hydrogen) atoms. The lowest BCUT2D eigenvalue weighted by Crippen LogP contribution is -2.19. The Kier molecular flexibility index (Phi) is 4.43. The molecule has 2 N–H and O–H groups in total. The smallest absolute Gasteiger partial charge is 0.229 e. The molecule has 6 heteroatoms. The van der Waals surface area contributed by atoms with Crippen LogP contribution in [0.2, 0.25) is 0 Å². The first-order chi connectivity index (χ1) is 12.3. The van der Waals surface area contributed by atoms with Crippen LogP contribution in [0.1, 0.15) is 12.8 Å². The molecule has 0 aliphatic carbocycles. The molecule has 5 nitrogen and oxygen atoms in total. The summed E-state index contributed by atoms with van der Waals surface area (Å²) in [7, 11) is 0. The number of nitrogens with zero attached hydrogens (tertiary/aromatic N) is 2. The van der Waals surface area contributed by atoms with Crippen LogP contribution in [0.5, 0.6) is 0 Å². The number of hydrogen-bond acceptors (Lipinski definition) is 5. The van der Waals surface area contributed by atoms with E-state index in [-0.39, 0.29) is 11.9 Å². The SMILES string of the molecule is Fc1ccccc1Nc1nc(NC[C@@H]2CCCO2)c2ccccc2n1. The van der Waals surface area contributed by atoms with Crippen molar-refractivity contribution in [2.24, 2.45) is 0 Å². The molecule has 128 valence electrons. The molecule has 1 fully saturated rings. The number of nitrogens with one attached hydrogen (secondary N) is 2. The van der Waals surface area contributed by atoms with Gasteiger partial charge >= 0.3 is 0 Å². The second-order valence-corrected chi connectivity index (χ2v) is 6.03. The average Bonchev–Trinajstić information content (AvgIpc) is 3.15. The standard InChI is InChI=1S/C19H19FN4O/c20-15-8-2-4-10-17(15)23-19-22-16-9-3-1-7-14(16)18(24-19)21-12-13-6-5-11-25-13/h1-4,7-10,13H,5-6,11-12H2,(H2,21,22,23,24)/t13-/m0/s1. The Hall–Kier alpha value is -2.73. The van der Waals surface area contributed by atoms with Crippen LogP contribution in [0, 0.1) is 5.82 Å². The van der Waals surface area contributed by atoms with Gasteiger partial charge in [-0.3, -0.25) is 0 Å². The van der Waals surface area contributed by atoms with Crippen molar-refractivity contribution >= 4 is 28.4 Å². The molecule has 0 amide bonds. The molecule has 1 aliphatic rings. The van der Waals surface area contributed by atoms with Crippen LogP contribution in [0.25, 0.3) is 10.9 Å². The first-order valence-corrected chi connectivity index (χ1v) is 8.43. The Morgan fingerprint density at radius 3 is 2.76 bits per heavy atom. The summed E-state index contributed by atoms with van der Waals surface area (Å²) in [5.41, 5.74) is 1.15. The van der Waals surface area contributed by atoms with Gasteiger partial charge in [0.1, 0.15) is 11.6 Å². The van der Waals surface area contributed by atoms with Crippen molar-refractivity contribution in [3.05, 3.63) is 54.3 Å². The molecular formula is C19H19FN4O. The van der Waals surface area contributed by atoms with Crippen LogP contribution < -0.4 is 10.6 Å². The minimum Gasteiger partial charge on any atom is -0.376 e. The van der Waals surface area contributed by atoms with Crippen LogP contribution in [-0.4, -0.2) is 29.2 Å². The van der Waals surface area contributed by atoms with Crippen LogP contribution in [0.3, 0.4) is 0 Å². The van der Waals surface area contributed by atoms with Crippen LogP contribution in [0.15, 0.2) is 48.5 Å². The molecule has 1 aromatic heterocycles. The fourth-order valence-electron chi connectivity index (χ4n) is 2.97. The van der Waals surface area contributed by atoms with Gasteiger partial charge in [-0.05, 0) is 37.1 Å². The van der Waals surface area contributed by atoms with Gasteiger partial charge in [0.15, 0.2) is 0 Å². The van der Waals surface area contributed by atoms with Crippen LogP contribution in [-0.2, 0) is 4.74 Å². The maximum Gasteiger partial charge on any atom is 0.229 e. The summed E-state index contributed by atoms with van der Waals surface area (Å²) in [6.07, 6.45) is 2.35. The number of halogens is 1. The largest absolute Gasteiger partial charge is 0.376 e. The Bertz CT molecular complexity index is 880. The molecule has 2 aromatic carbocycles. The molecule has 2 heterocycles. The predicted molar refractivity (Wildman–Crippen MR) is 96.7 cm³/mol. The van der Waals surface area contributed by atoms with E-state index >= 15 is 0 Å². The summed E-state index contributed by atoms with van der Waals surface area (Å²) >= 11 is 0. The Morgan fingerprint density at radius 2 is 1.92 bits per heavy atom. The quantitative estimate of drug-likeness (QED) is 0.733. The topological polar surface area (TPSA) is 59.1 Å². The van der Waals surface area contributed by atoms with E-state index in [1.54, 1.807) is 18.2 Å². The maximum atomic E-state index is 13.9. The Balaban J connectivity index is 1.64. The van der Waals surface area contributed by atoms with Gasteiger partial charge in [0.25, 0.3) is 0 Å². The zero-order valence-electron chi connectivity index (χ0n) is 13.7. The van der Waals surface area contributed by atoms with Crippen LogP contribution in [0.4, 0.5) is 21.8 Å². The normalized spacial score (nSPS) is 16.9. The number of para-hydroxylation sites is 2. The number of aromatic nitrogens is 2. The molecule has 0 radical (unpaired) electrons. The second kappa shape index (κ2) is 7.03. The summed E-state index contributed by atoms with van der Waals surface area (Å²) in [6, 6.07) is 14.2. The second-order valence-electron chi connectivity index (χ2n) is 6.03. The van der Waals surface area contributed by atoms with Crippen molar-refractivity contribution in [1.82, 2.24) is 9.97 Å². The van der Waals surface area contributed by atoms with Gasteiger partial charge in [0, 0.05) is 18.5 Å². The summed E-state index contributed by atoms with van der Waals surface area (Å²) < 4.78 is 19.5. The van der Waals surface area contributed by atoms with Gasteiger partial charge in [-0.2, -0.15) is 4.98 Å². The fourth-order valence-corrected chi connectivity index (χ4v) is 2.97. The van der Waals surface area contributed by atoms with Crippen LogP contribution >= 0.6 is 0 Å². The Morgan fingerprint density at radius 1 is 1.08 bits per heavy atom. The van der Waals surface area contributed by atoms with E-state index in [0.717, 1.165) is 36.2 Å². The van der Waals surface area contributed by atoms with Crippen molar-refractivity contribution in [2.45, 2.75) is 18.9 Å². The molecule has 3 aromatic rings. The lowest BCUT2D eigenvalue weighted by molar-refractivity contribution is 0.120. The Labute approximate surface area is 145 Å². The minimum absolute atomic E-state index is 0.205. The zero-order valence-corrected chi connectivity index (χ0v) is 13.7. The van der Waals surface area contributed by atoms with Gasteiger partial charge in [0.05, 0.1) is 17.3 Å². The highest BCUT2D eigenvalue weighted by molar-refractivity contribution is 5.90. The number of benzene rings is 2. The molecule has 0 unspecified atom stereocenters. The van der Waals surface area contributed by atoms with E-state index in [0.29, 0.717) is 18.2 Å². The first-order valence-electron chi connectivity index (χ1n) is 8.43. The third kappa shape index (κ3) is 3.53. The number of hydrogen-bond donors (Lipinski definition) is 2. The van der Waals surface area contributed by atoms with E-state index in [4.69, 9.17) is 4.74 Å². The van der Waals surface area contributed by atoms with E-state index in [1.807, 2.05) is 24.3 Å². The van der Waals surface area contributed by atoms with Gasteiger partial charge in [-0.1, -0.05) is 24.3 Å². The van der Waals surface area contributed by atoms with Gasteiger partial charge < -0.3 is 15.4 Å². The van der Waals surface area contributed by atoms with Gasteiger partial charge in [-0.15, -0.1) is 0 Å². The molecule has 0 spiro atoms. The highest BCUT2D eigenvalue weighted by Gasteiger charge is 2.16. The van der Waals surface area contributed by atoms with E-state index < -0.39 is 0 Å². The fraction of sp³-hybridized carbons (Fsp3) is 0.263. The minimum atomic E-state index is -0.340. The highest BCUT2D eigenvalue weighted by Crippen LogP contribution is 2.25. The summed E-state index contributed by atoms with van der Waals surface area (Å²) in [6.45, 7) is 1.51. The summed E-state index contributed by atoms with van der Waals surface area (Å²) in [5, 5.41) is 7.25. The number of anilines is 3. The number of rotatable bonds is 5. The summed E-state index contributed by atoms with van der Waals surface area (Å²) in [5.74, 6) is 0.742. The van der Waals surface area contributed by atoms with Crippen molar-refractivity contribution in [3.8, 4) is 0 Å². The van der Waals surface area contributed by atoms with E-state index in [1.165, 1.54) is 6.07 Å². The zero-order chi connectivity index (χ0) is 17.1. The lowest BCUT2D eigenvalue weighted by atomic mass is 10.2. The van der Waals surface area contributed by atoms with E-state index in [9.17, 15) is 4.39 Å². The summed E-state index contributed by atoms with van der Waals surface area (Å²) in [4.78, 5) is 9.03. The van der Waals surface area contributed by atoms with Crippen molar-refractivity contribution < 1.29 is 9.13 Å². The highest BCUT2D eigenvalue weighted by atomic mass is 19.1. The molecule has 1 saturated heterocycles. The van der Waals surface area contributed by atoms with Gasteiger partial charge in [0.2, 0.25) is 5.95 Å². The predicted octanol–water partition coefficient (Wildman–Crippen LogP) is 4.10. The molecule has 1 atom stereocenters. The maximum absolute atomic E-state index is 13.9. The van der Waals surface area contributed by atoms with Gasteiger partial charge in [-0.25, -0.2) is 9.37 Å². The molecule has 4 rings (SSSR count). The number of ether oxygens (including phenoxy) is 1.